The van der Waals surface area contributed by atoms with Gasteiger partial charge in [0.05, 0.1) is 5.69 Å². The number of hydrogen-bond donors (Lipinski definition) is 0. The molecule has 0 aromatic heterocycles. The number of rotatable bonds is 6. The second-order valence-electron chi connectivity index (χ2n) is 14.9. The molecule has 0 atom stereocenters. The number of anilines is 3. The van der Waals surface area contributed by atoms with Gasteiger partial charge in [0.25, 0.3) is 0 Å². The van der Waals surface area contributed by atoms with Gasteiger partial charge in [0.15, 0.2) is 0 Å². The predicted octanol–water partition coefficient (Wildman–Crippen LogP) is 14.8. The Labute approximate surface area is 317 Å². The molecule has 256 valence electrons. The fourth-order valence-corrected chi connectivity index (χ4v) is 8.73. The molecule has 0 unspecified atom stereocenters. The quantitative estimate of drug-likeness (QED) is 0.168. The minimum absolute atomic E-state index is 0.163. The van der Waals surface area contributed by atoms with Crippen molar-refractivity contribution in [1.29, 1.82) is 0 Å². The van der Waals surface area contributed by atoms with Crippen molar-refractivity contribution in [2.45, 2.75) is 19.3 Å². The van der Waals surface area contributed by atoms with E-state index in [0.29, 0.717) is 0 Å². The van der Waals surface area contributed by atoms with Crippen LogP contribution in [-0.2, 0) is 5.41 Å². The summed E-state index contributed by atoms with van der Waals surface area (Å²) in [6.45, 7) is 4.75. The molecule has 1 aliphatic carbocycles. The monoisotopic (exact) mass is 689 g/mol. The van der Waals surface area contributed by atoms with E-state index in [1.165, 1.54) is 77.2 Å². The van der Waals surface area contributed by atoms with E-state index in [2.05, 4.69) is 219 Å². The third-order valence-electron chi connectivity index (χ3n) is 11.4. The lowest BCUT2D eigenvalue weighted by Crippen LogP contribution is -2.16. The van der Waals surface area contributed by atoms with Crippen LogP contribution >= 0.6 is 0 Å². The zero-order valence-corrected chi connectivity index (χ0v) is 30.5. The summed E-state index contributed by atoms with van der Waals surface area (Å²) in [5, 5.41) is 4.93. The first-order valence-electron chi connectivity index (χ1n) is 18.8. The summed E-state index contributed by atoms with van der Waals surface area (Å²) in [5.41, 5.74) is 16.1. The maximum absolute atomic E-state index is 2.45. The lowest BCUT2D eigenvalue weighted by atomic mass is 9.81. The predicted molar refractivity (Wildman–Crippen MR) is 230 cm³/mol. The largest absolute Gasteiger partial charge is 0.310 e. The highest BCUT2D eigenvalue weighted by molar-refractivity contribution is 6.01. The van der Waals surface area contributed by atoms with Gasteiger partial charge in [-0.15, -0.1) is 0 Å². The van der Waals surface area contributed by atoms with E-state index in [1.807, 2.05) is 0 Å². The van der Waals surface area contributed by atoms with E-state index in [1.54, 1.807) is 0 Å². The maximum atomic E-state index is 2.45. The van der Waals surface area contributed by atoms with Crippen molar-refractivity contribution in [3.63, 3.8) is 0 Å². The van der Waals surface area contributed by atoms with Crippen molar-refractivity contribution >= 4 is 38.6 Å². The first-order chi connectivity index (χ1) is 26.5. The third kappa shape index (κ3) is 5.24. The minimum atomic E-state index is -0.163. The van der Waals surface area contributed by atoms with E-state index >= 15 is 0 Å². The second kappa shape index (κ2) is 12.8. The zero-order chi connectivity index (χ0) is 36.2. The molecule has 0 N–H and O–H groups in total. The molecular formula is C53H39N. The third-order valence-corrected chi connectivity index (χ3v) is 11.4. The number of hydrogen-bond acceptors (Lipinski definition) is 1. The Balaban J connectivity index is 1.14. The molecule has 1 aliphatic rings. The number of fused-ring (bicyclic) bond motifs is 5. The molecular weight excluding hydrogens is 651 g/mol. The van der Waals surface area contributed by atoms with Crippen LogP contribution in [0.5, 0.6) is 0 Å². The molecule has 54 heavy (non-hydrogen) atoms. The Bertz CT molecular complexity index is 2830. The van der Waals surface area contributed by atoms with Crippen LogP contribution in [0.25, 0.3) is 66.1 Å². The van der Waals surface area contributed by atoms with Gasteiger partial charge in [-0.1, -0.05) is 172 Å². The molecule has 9 aromatic rings. The van der Waals surface area contributed by atoms with Gasteiger partial charge in [0, 0.05) is 22.2 Å². The molecule has 0 spiro atoms. The van der Waals surface area contributed by atoms with Gasteiger partial charge in [0.1, 0.15) is 0 Å². The molecule has 0 radical (unpaired) electrons. The standard InChI is InChI=1S/C53H39N/c1-53(2)49-25-14-24-45(37-15-5-3-6-16-37)52(49)46-32-31-43(35-50(46)53)54(51-26-13-22-36-19-11-12-23-44(36)51)42-29-27-39(28-30-42)48-34-41-21-10-9-20-40(41)33-47(48)38-17-7-4-8-18-38/h3-35H,1-2H3. The minimum Gasteiger partial charge on any atom is -0.310 e. The van der Waals surface area contributed by atoms with Gasteiger partial charge in [0.2, 0.25) is 0 Å². The summed E-state index contributed by atoms with van der Waals surface area (Å²) in [6.07, 6.45) is 0. The zero-order valence-electron chi connectivity index (χ0n) is 30.5. The molecule has 0 amide bonds. The molecule has 0 saturated carbocycles. The van der Waals surface area contributed by atoms with Crippen molar-refractivity contribution in [3.8, 4) is 44.5 Å². The van der Waals surface area contributed by atoms with Crippen LogP contribution in [0.15, 0.2) is 200 Å². The fraction of sp³-hybridized carbons (Fsp3) is 0.0566. The summed E-state index contributed by atoms with van der Waals surface area (Å²) < 4.78 is 0. The van der Waals surface area contributed by atoms with Crippen LogP contribution in [-0.4, -0.2) is 0 Å². The van der Waals surface area contributed by atoms with E-state index in [4.69, 9.17) is 0 Å². The van der Waals surface area contributed by atoms with Gasteiger partial charge in [-0.2, -0.15) is 0 Å². The first kappa shape index (κ1) is 32.0. The molecule has 9 aromatic carbocycles. The summed E-state index contributed by atoms with van der Waals surface area (Å²) in [5.74, 6) is 0. The van der Waals surface area contributed by atoms with Crippen molar-refractivity contribution in [3.05, 3.63) is 211 Å². The first-order valence-corrected chi connectivity index (χ1v) is 18.8. The van der Waals surface area contributed by atoms with E-state index in [-0.39, 0.29) is 5.41 Å². The van der Waals surface area contributed by atoms with Gasteiger partial charge >= 0.3 is 0 Å². The summed E-state index contributed by atoms with van der Waals surface area (Å²) in [4.78, 5) is 2.45. The Hall–Kier alpha value is -6.70. The topological polar surface area (TPSA) is 3.24 Å². The normalized spacial score (nSPS) is 12.8. The Morgan fingerprint density at radius 3 is 1.57 bits per heavy atom. The van der Waals surface area contributed by atoms with Crippen molar-refractivity contribution in [1.82, 2.24) is 0 Å². The summed E-state index contributed by atoms with van der Waals surface area (Å²) in [7, 11) is 0. The average Bonchev–Trinajstić information content (AvgIpc) is 3.47. The van der Waals surface area contributed by atoms with Crippen LogP contribution in [0.4, 0.5) is 17.1 Å². The number of benzene rings is 9. The van der Waals surface area contributed by atoms with Crippen molar-refractivity contribution in [2.24, 2.45) is 0 Å². The van der Waals surface area contributed by atoms with Gasteiger partial charge in [-0.25, -0.2) is 0 Å². The highest BCUT2D eigenvalue weighted by atomic mass is 15.1. The van der Waals surface area contributed by atoms with E-state index < -0.39 is 0 Å². The molecule has 1 heteroatoms. The van der Waals surface area contributed by atoms with Crippen LogP contribution in [0.3, 0.4) is 0 Å². The number of nitrogens with zero attached hydrogens (tertiary/aromatic N) is 1. The summed E-state index contributed by atoms with van der Waals surface area (Å²) in [6, 6.07) is 73.4. The SMILES string of the molecule is CC1(C)c2cc(N(c3ccc(-c4cc5ccccc5cc4-c4ccccc4)cc3)c3cccc4ccccc34)ccc2-c2c(-c3ccccc3)cccc21. The van der Waals surface area contributed by atoms with E-state index in [9.17, 15) is 0 Å². The second-order valence-corrected chi connectivity index (χ2v) is 14.9. The Morgan fingerprint density at radius 1 is 0.352 bits per heavy atom. The maximum Gasteiger partial charge on any atom is 0.0540 e. The Kier molecular flexibility index (Phi) is 7.56. The molecule has 1 nitrogen and oxygen atoms in total. The van der Waals surface area contributed by atoms with Crippen LogP contribution in [0.2, 0.25) is 0 Å². The van der Waals surface area contributed by atoms with Gasteiger partial charge in [-0.3, -0.25) is 0 Å². The van der Waals surface area contributed by atoms with Crippen LogP contribution in [0.1, 0.15) is 25.0 Å². The highest BCUT2D eigenvalue weighted by Crippen LogP contribution is 2.54. The van der Waals surface area contributed by atoms with Gasteiger partial charge < -0.3 is 4.90 Å². The highest BCUT2D eigenvalue weighted by Gasteiger charge is 2.37. The van der Waals surface area contributed by atoms with Crippen LogP contribution in [0, 0.1) is 0 Å². The molecule has 0 bridgehead atoms. The molecule has 0 aliphatic heterocycles. The average molecular weight is 690 g/mol. The van der Waals surface area contributed by atoms with Gasteiger partial charge in [-0.05, 0) is 114 Å². The van der Waals surface area contributed by atoms with Crippen LogP contribution < -0.4 is 4.90 Å². The Morgan fingerprint density at radius 2 is 0.889 bits per heavy atom. The smallest absolute Gasteiger partial charge is 0.0540 e. The summed E-state index contributed by atoms with van der Waals surface area (Å²) >= 11 is 0. The lowest BCUT2D eigenvalue weighted by molar-refractivity contribution is 0.660. The lowest BCUT2D eigenvalue weighted by Gasteiger charge is -2.29. The van der Waals surface area contributed by atoms with Crippen molar-refractivity contribution in [2.75, 3.05) is 4.90 Å². The molecule has 0 saturated heterocycles. The van der Waals surface area contributed by atoms with Crippen molar-refractivity contribution < 1.29 is 0 Å². The molecule has 10 rings (SSSR count). The van der Waals surface area contributed by atoms with E-state index in [0.717, 1.165) is 17.1 Å². The fourth-order valence-electron chi connectivity index (χ4n) is 8.73. The molecule has 0 fully saturated rings. The molecule has 0 heterocycles.